The Bertz CT molecular complexity index is 1030. The molecule has 0 atom stereocenters. The minimum Gasteiger partial charge on any atom is -0.502 e. The van der Waals surface area contributed by atoms with E-state index < -0.39 is 40.6 Å². The van der Waals surface area contributed by atoms with Crippen LogP contribution in [0.25, 0.3) is 0 Å². The normalized spacial score (nSPS) is 11.2. The van der Waals surface area contributed by atoms with E-state index in [1.54, 1.807) is 13.0 Å². The molecule has 0 fully saturated rings. The highest BCUT2D eigenvalue weighted by molar-refractivity contribution is 5.96. The first kappa shape index (κ1) is 22.8. The highest BCUT2D eigenvalue weighted by atomic mass is 19.4. The molecule has 8 nitrogen and oxygen atoms in total. The number of pyridine rings is 1. The van der Waals surface area contributed by atoms with Gasteiger partial charge in [0.25, 0.3) is 11.5 Å². The molecule has 0 saturated carbocycles. The number of ether oxygens (including phenoxy) is 1. The highest BCUT2D eigenvalue weighted by Gasteiger charge is 2.36. The number of carbonyl (C=O) groups excluding carboxylic acids is 1. The fourth-order valence-electron chi connectivity index (χ4n) is 2.68. The molecule has 0 aliphatic carbocycles. The summed E-state index contributed by atoms with van der Waals surface area (Å²) in [6.07, 6.45) is -4.65. The summed E-state index contributed by atoms with van der Waals surface area (Å²) >= 11 is 0. The zero-order valence-corrected chi connectivity index (χ0v) is 16.0. The zero-order chi connectivity index (χ0) is 22.6. The highest BCUT2D eigenvalue weighted by Crippen LogP contribution is 2.30. The van der Waals surface area contributed by atoms with Gasteiger partial charge in [0, 0.05) is 19.2 Å². The SMILES string of the molecule is Cc1c(OCCCNC(=O)c2cc(C(F)(F)F)n(C)c(=O)c2O)cccc1C(=O)O. The summed E-state index contributed by atoms with van der Waals surface area (Å²) in [5.41, 5.74) is -2.97. The van der Waals surface area contributed by atoms with Crippen LogP contribution in [-0.2, 0) is 13.2 Å². The van der Waals surface area contributed by atoms with Crippen molar-refractivity contribution in [1.29, 1.82) is 0 Å². The smallest absolute Gasteiger partial charge is 0.431 e. The molecule has 2 aromatic rings. The van der Waals surface area contributed by atoms with Gasteiger partial charge < -0.3 is 24.8 Å². The lowest BCUT2D eigenvalue weighted by atomic mass is 10.1. The number of carbonyl (C=O) groups is 2. The Hall–Kier alpha value is -3.50. The van der Waals surface area contributed by atoms with Gasteiger partial charge >= 0.3 is 12.1 Å². The van der Waals surface area contributed by atoms with Crippen molar-refractivity contribution in [2.45, 2.75) is 19.5 Å². The molecule has 0 aliphatic heterocycles. The van der Waals surface area contributed by atoms with E-state index in [0.717, 1.165) is 7.05 Å². The number of alkyl halides is 3. The van der Waals surface area contributed by atoms with Crippen LogP contribution in [0.15, 0.2) is 29.1 Å². The van der Waals surface area contributed by atoms with Gasteiger partial charge in [-0.3, -0.25) is 9.59 Å². The van der Waals surface area contributed by atoms with Gasteiger partial charge in [-0.15, -0.1) is 0 Å². The van der Waals surface area contributed by atoms with Gasteiger partial charge in [-0.2, -0.15) is 13.2 Å². The van der Waals surface area contributed by atoms with Crippen molar-refractivity contribution in [3.05, 3.63) is 57.0 Å². The molecule has 0 aliphatic rings. The maximum Gasteiger partial charge on any atom is 0.431 e. The maximum atomic E-state index is 13.0. The van der Waals surface area contributed by atoms with Crippen LogP contribution in [0, 0.1) is 6.92 Å². The maximum absolute atomic E-state index is 13.0. The number of carboxylic acids is 1. The number of aromatic nitrogens is 1. The van der Waals surface area contributed by atoms with Crippen LogP contribution in [0.1, 0.15) is 38.4 Å². The van der Waals surface area contributed by atoms with Crippen LogP contribution in [0.3, 0.4) is 0 Å². The molecule has 1 aromatic heterocycles. The van der Waals surface area contributed by atoms with Crippen molar-refractivity contribution in [3.63, 3.8) is 0 Å². The van der Waals surface area contributed by atoms with Crippen LogP contribution in [0.2, 0.25) is 0 Å². The van der Waals surface area contributed by atoms with Gasteiger partial charge in [0.2, 0.25) is 0 Å². The molecule has 0 bridgehead atoms. The van der Waals surface area contributed by atoms with E-state index in [4.69, 9.17) is 9.84 Å². The van der Waals surface area contributed by atoms with E-state index in [-0.39, 0.29) is 29.7 Å². The lowest BCUT2D eigenvalue weighted by Gasteiger charge is -2.15. The summed E-state index contributed by atoms with van der Waals surface area (Å²) in [7, 11) is 0.839. The molecule has 30 heavy (non-hydrogen) atoms. The number of aromatic carboxylic acids is 1. The third-order valence-corrected chi connectivity index (χ3v) is 4.32. The largest absolute Gasteiger partial charge is 0.502 e. The number of benzene rings is 1. The van der Waals surface area contributed by atoms with E-state index in [0.29, 0.717) is 17.4 Å². The van der Waals surface area contributed by atoms with Gasteiger partial charge in [-0.25, -0.2) is 4.79 Å². The summed E-state index contributed by atoms with van der Waals surface area (Å²) in [5, 5.41) is 21.1. The number of nitrogens with zero attached hydrogens (tertiary/aromatic N) is 1. The van der Waals surface area contributed by atoms with Crippen molar-refractivity contribution >= 4 is 11.9 Å². The molecular formula is C19H19F3N2O6. The number of nitrogens with one attached hydrogen (secondary N) is 1. The topological polar surface area (TPSA) is 118 Å². The molecule has 0 spiro atoms. The minimum atomic E-state index is -4.88. The third-order valence-electron chi connectivity index (χ3n) is 4.32. The Balaban J connectivity index is 1.99. The van der Waals surface area contributed by atoms with Crippen molar-refractivity contribution in [1.82, 2.24) is 9.88 Å². The predicted molar refractivity (Wildman–Crippen MR) is 98.9 cm³/mol. The number of carboxylic acid groups (broad SMARTS) is 1. The fourth-order valence-corrected chi connectivity index (χ4v) is 2.68. The second-order valence-electron chi connectivity index (χ2n) is 6.35. The Morgan fingerprint density at radius 2 is 1.90 bits per heavy atom. The standard InChI is InChI=1S/C19H19F3N2O6/c1-10-11(18(28)29)5-3-6-13(10)30-8-4-7-23-16(26)12-9-14(19(20,21)22)24(2)17(27)15(12)25/h3,5-6,9,25H,4,7-8H2,1-2H3,(H,23,26)(H,28,29). The number of rotatable bonds is 7. The molecule has 1 amide bonds. The molecular weight excluding hydrogens is 409 g/mol. The van der Waals surface area contributed by atoms with Gasteiger partial charge in [-0.05, 0) is 31.5 Å². The average Bonchev–Trinajstić information content (AvgIpc) is 2.65. The molecule has 162 valence electrons. The van der Waals surface area contributed by atoms with Gasteiger partial charge in [0.05, 0.1) is 17.7 Å². The Morgan fingerprint density at radius 1 is 1.23 bits per heavy atom. The summed E-state index contributed by atoms with van der Waals surface area (Å²) in [6, 6.07) is 4.93. The fraction of sp³-hybridized carbons (Fsp3) is 0.316. The minimum absolute atomic E-state index is 0.0213. The van der Waals surface area contributed by atoms with Gasteiger partial charge in [-0.1, -0.05) is 6.07 Å². The molecule has 2 rings (SSSR count). The van der Waals surface area contributed by atoms with E-state index >= 15 is 0 Å². The average molecular weight is 428 g/mol. The first-order valence-electron chi connectivity index (χ1n) is 8.69. The van der Waals surface area contributed by atoms with Crippen molar-refractivity contribution in [3.8, 4) is 11.5 Å². The van der Waals surface area contributed by atoms with Crippen molar-refractivity contribution < 1.29 is 37.7 Å². The summed E-state index contributed by atoms with van der Waals surface area (Å²) < 4.78 is 44.7. The van der Waals surface area contributed by atoms with E-state index in [1.165, 1.54) is 12.1 Å². The molecule has 0 radical (unpaired) electrons. The van der Waals surface area contributed by atoms with Crippen molar-refractivity contribution in [2.24, 2.45) is 7.05 Å². The van der Waals surface area contributed by atoms with Crippen molar-refractivity contribution in [2.75, 3.05) is 13.2 Å². The van der Waals surface area contributed by atoms with Crippen LogP contribution in [-0.4, -0.2) is 39.8 Å². The van der Waals surface area contributed by atoms with E-state index in [2.05, 4.69) is 5.32 Å². The number of amides is 1. The van der Waals surface area contributed by atoms with Crippen LogP contribution in [0.4, 0.5) is 13.2 Å². The monoisotopic (exact) mass is 428 g/mol. The molecule has 0 unspecified atom stereocenters. The first-order valence-corrected chi connectivity index (χ1v) is 8.69. The predicted octanol–water partition coefficient (Wildman–Crippen LogP) is 2.32. The van der Waals surface area contributed by atoms with E-state index in [1.807, 2.05) is 0 Å². The lowest BCUT2D eigenvalue weighted by molar-refractivity contribution is -0.143. The Morgan fingerprint density at radius 3 is 2.50 bits per heavy atom. The second kappa shape index (κ2) is 8.89. The van der Waals surface area contributed by atoms with Gasteiger partial charge in [0.15, 0.2) is 5.75 Å². The molecule has 3 N–H and O–H groups in total. The quantitative estimate of drug-likeness (QED) is 0.583. The van der Waals surface area contributed by atoms with Crippen LogP contribution < -0.4 is 15.6 Å². The summed E-state index contributed by atoms with van der Waals surface area (Å²) in [4.78, 5) is 35.0. The second-order valence-corrected chi connectivity index (χ2v) is 6.35. The van der Waals surface area contributed by atoms with Gasteiger partial charge in [0.1, 0.15) is 11.4 Å². The van der Waals surface area contributed by atoms with Crippen LogP contribution >= 0.6 is 0 Å². The molecule has 11 heteroatoms. The van der Waals surface area contributed by atoms with Crippen LogP contribution in [0.5, 0.6) is 11.5 Å². The zero-order valence-electron chi connectivity index (χ0n) is 16.0. The number of halogens is 3. The summed E-state index contributed by atoms with van der Waals surface area (Å²) in [5.74, 6) is -2.88. The Labute approximate surface area is 168 Å². The Kier molecular flexibility index (Phi) is 6.75. The molecule has 0 saturated heterocycles. The number of hydrogen-bond acceptors (Lipinski definition) is 5. The summed E-state index contributed by atoms with van der Waals surface area (Å²) in [6.45, 7) is 1.64. The first-order chi connectivity index (χ1) is 13.9. The molecule has 1 heterocycles. The molecule has 1 aromatic carbocycles. The lowest BCUT2D eigenvalue weighted by Crippen LogP contribution is -2.31. The van der Waals surface area contributed by atoms with E-state index in [9.17, 15) is 32.7 Å². The number of aromatic hydroxyl groups is 1. The number of hydrogen-bond donors (Lipinski definition) is 3. The third kappa shape index (κ3) is 4.91.